The first-order valence-electron chi connectivity index (χ1n) is 15.0. The number of hydrogen-bond acceptors (Lipinski definition) is 9. The van der Waals surface area contributed by atoms with Crippen LogP contribution in [0.2, 0.25) is 0 Å². The third kappa shape index (κ3) is 10.0. The Labute approximate surface area is 247 Å². The van der Waals surface area contributed by atoms with Gasteiger partial charge in [0.15, 0.2) is 5.78 Å². The molecule has 0 aromatic heterocycles. The molecule has 4 atom stereocenters. The summed E-state index contributed by atoms with van der Waals surface area (Å²) in [6.45, 7) is 8.71. The van der Waals surface area contributed by atoms with Crippen LogP contribution in [0.25, 0.3) is 0 Å². The van der Waals surface area contributed by atoms with Gasteiger partial charge in [-0.1, -0.05) is 44.2 Å². The van der Waals surface area contributed by atoms with Gasteiger partial charge in [0.25, 0.3) is 0 Å². The van der Waals surface area contributed by atoms with Crippen LogP contribution in [0.5, 0.6) is 0 Å². The van der Waals surface area contributed by atoms with E-state index in [1.54, 1.807) is 0 Å². The highest BCUT2D eigenvalue weighted by atomic mass is 16.6. The van der Waals surface area contributed by atoms with E-state index in [2.05, 4.69) is 29.8 Å². The van der Waals surface area contributed by atoms with Crippen molar-refractivity contribution in [2.45, 2.75) is 57.8 Å². The normalized spacial score (nSPS) is 23.7. The van der Waals surface area contributed by atoms with Crippen LogP contribution in [0, 0.1) is 11.8 Å². The number of carbonyl (C=O) groups is 3. The lowest BCUT2D eigenvalue weighted by atomic mass is 10.0. The Kier molecular flexibility index (Phi) is 12.6. The number of morpholine rings is 1. The molecule has 0 bridgehead atoms. The Morgan fingerprint density at radius 2 is 1.86 bits per heavy atom. The first-order chi connectivity index (χ1) is 20.4. The van der Waals surface area contributed by atoms with Crippen molar-refractivity contribution in [1.82, 2.24) is 20.9 Å². The summed E-state index contributed by atoms with van der Waals surface area (Å²) in [5, 5.41) is 8.89. The number of ether oxygens (including phenoxy) is 4. The van der Waals surface area contributed by atoms with Crippen molar-refractivity contribution in [2.75, 3.05) is 59.3 Å². The number of hydrogen-bond donors (Lipinski definition) is 3. The summed E-state index contributed by atoms with van der Waals surface area (Å²) in [4.78, 5) is 45.9. The predicted octanol–water partition coefficient (Wildman–Crippen LogP) is 1.48. The maximum atomic E-state index is 13.5. The van der Waals surface area contributed by atoms with Gasteiger partial charge in [-0.15, -0.1) is 0 Å². The van der Waals surface area contributed by atoms with Crippen molar-refractivity contribution in [2.24, 2.45) is 16.8 Å². The largest absolute Gasteiger partial charge is 0.449 e. The monoisotopic (exact) mass is 587 g/mol. The van der Waals surface area contributed by atoms with Crippen LogP contribution in [0.4, 0.5) is 4.79 Å². The molecule has 0 radical (unpaired) electrons. The molecule has 1 aromatic rings. The standard InChI is InChI=1S/C30H45N5O7/c1-21(2)8-9-24(28(37)32-25-20-41-26(27(25)36)17-31-16-22-6-4-3-5-7-22)33-29(35-11-14-39-15-12-35)34-30(38)42-19-23-10-13-40-18-23/h3-7,21,23-26,31H,8-20H2,1-2H3,(H,32,37)(H,33,34,38). The van der Waals surface area contributed by atoms with Crippen molar-refractivity contribution in [1.29, 1.82) is 0 Å². The average molecular weight is 588 g/mol. The van der Waals surface area contributed by atoms with Gasteiger partial charge in [-0.2, -0.15) is 0 Å². The van der Waals surface area contributed by atoms with Crippen LogP contribution in [0.15, 0.2) is 35.3 Å². The Hall–Kier alpha value is -3.06. The van der Waals surface area contributed by atoms with Gasteiger partial charge in [-0.3, -0.25) is 14.9 Å². The van der Waals surface area contributed by atoms with E-state index in [0.29, 0.717) is 64.9 Å². The molecule has 3 N–H and O–H groups in total. The van der Waals surface area contributed by atoms with Crippen molar-refractivity contribution in [3.63, 3.8) is 0 Å². The number of guanidine groups is 1. The molecule has 42 heavy (non-hydrogen) atoms. The number of ketones is 1. The number of benzene rings is 1. The van der Waals surface area contributed by atoms with Crippen LogP contribution < -0.4 is 16.0 Å². The number of rotatable bonds is 12. The maximum absolute atomic E-state index is 13.5. The molecule has 232 valence electrons. The molecule has 4 rings (SSSR count). The minimum absolute atomic E-state index is 0.106. The van der Waals surface area contributed by atoms with Gasteiger partial charge in [0.2, 0.25) is 11.9 Å². The third-order valence-corrected chi connectivity index (χ3v) is 7.54. The summed E-state index contributed by atoms with van der Waals surface area (Å²) in [5.74, 6) is 0.242. The van der Waals surface area contributed by atoms with E-state index >= 15 is 0 Å². The second-order valence-corrected chi connectivity index (χ2v) is 11.4. The number of nitrogens with one attached hydrogen (secondary N) is 3. The Balaban J connectivity index is 1.38. The number of carbonyl (C=O) groups excluding carboxylic acids is 3. The molecule has 3 aliphatic heterocycles. The summed E-state index contributed by atoms with van der Waals surface area (Å²) < 4.78 is 22.0. The Morgan fingerprint density at radius 3 is 2.57 bits per heavy atom. The lowest BCUT2D eigenvalue weighted by molar-refractivity contribution is -0.128. The molecule has 3 aliphatic rings. The average Bonchev–Trinajstić information content (AvgIpc) is 3.64. The lowest BCUT2D eigenvalue weighted by Crippen LogP contribution is -2.51. The molecule has 1 aromatic carbocycles. The van der Waals surface area contributed by atoms with Crippen LogP contribution in [0.1, 0.15) is 38.7 Å². The Morgan fingerprint density at radius 1 is 1.07 bits per heavy atom. The zero-order valence-electron chi connectivity index (χ0n) is 24.7. The molecule has 12 heteroatoms. The predicted molar refractivity (Wildman–Crippen MR) is 156 cm³/mol. The maximum Gasteiger partial charge on any atom is 0.413 e. The van der Waals surface area contributed by atoms with Gasteiger partial charge in [0.1, 0.15) is 18.2 Å². The highest BCUT2D eigenvalue weighted by Crippen LogP contribution is 2.15. The van der Waals surface area contributed by atoms with Crippen LogP contribution in [-0.2, 0) is 35.1 Å². The first kappa shape index (κ1) is 31.9. The molecule has 3 saturated heterocycles. The van der Waals surface area contributed by atoms with Crippen molar-refractivity contribution in [3.8, 4) is 0 Å². The zero-order chi connectivity index (χ0) is 29.7. The summed E-state index contributed by atoms with van der Waals surface area (Å²) in [6.07, 6.45) is 0.785. The molecule has 3 heterocycles. The molecular weight excluding hydrogens is 542 g/mol. The smallest absolute Gasteiger partial charge is 0.413 e. The highest BCUT2D eigenvalue weighted by molar-refractivity contribution is 5.97. The van der Waals surface area contributed by atoms with E-state index in [0.717, 1.165) is 18.4 Å². The summed E-state index contributed by atoms with van der Waals surface area (Å²) in [6, 6.07) is 8.34. The van der Waals surface area contributed by atoms with Gasteiger partial charge in [-0.05, 0) is 30.7 Å². The third-order valence-electron chi connectivity index (χ3n) is 7.54. The number of alkyl carbamates (subject to hydrolysis) is 1. The summed E-state index contributed by atoms with van der Waals surface area (Å²) in [5.41, 5.74) is 1.11. The fourth-order valence-electron chi connectivity index (χ4n) is 4.98. The minimum atomic E-state index is -0.808. The fourth-order valence-corrected chi connectivity index (χ4v) is 4.98. The van der Waals surface area contributed by atoms with E-state index in [1.165, 1.54) is 0 Å². The Bertz CT molecular complexity index is 1040. The number of nitrogens with zero attached hydrogens (tertiary/aromatic N) is 2. The quantitative estimate of drug-likeness (QED) is 0.245. The second kappa shape index (κ2) is 16.5. The van der Waals surface area contributed by atoms with E-state index in [4.69, 9.17) is 23.9 Å². The van der Waals surface area contributed by atoms with Crippen molar-refractivity contribution < 1.29 is 33.3 Å². The van der Waals surface area contributed by atoms with Crippen molar-refractivity contribution in [3.05, 3.63) is 35.9 Å². The molecule has 4 unspecified atom stereocenters. The van der Waals surface area contributed by atoms with E-state index in [1.807, 2.05) is 35.2 Å². The van der Waals surface area contributed by atoms with Gasteiger partial charge < -0.3 is 34.5 Å². The van der Waals surface area contributed by atoms with Crippen molar-refractivity contribution >= 4 is 23.7 Å². The van der Waals surface area contributed by atoms with Gasteiger partial charge in [-0.25, -0.2) is 9.79 Å². The number of aliphatic imine (C=N–C) groups is 1. The van der Waals surface area contributed by atoms with Gasteiger partial charge >= 0.3 is 6.09 Å². The second-order valence-electron chi connectivity index (χ2n) is 11.4. The first-order valence-corrected chi connectivity index (χ1v) is 15.0. The van der Waals surface area contributed by atoms with Crippen LogP contribution in [0.3, 0.4) is 0 Å². The topological polar surface area (TPSA) is 140 Å². The molecule has 3 fully saturated rings. The molecule has 0 saturated carbocycles. The van der Waals surface area contributed by atoms with Crippen LogP contribution in [-0.4, -0.2) is 106 Å². The minimum Gasteiger partial charge on any atom is -0.449 e. The highest BCUT2D eigenvalue weighted by Gasteiger charge is 2.37. The number of amides is 2. The molecule has 2 amide bonds. The summed E-state index contributed by atoms with van der Waals surface area (Å²) in [7, 11) is 0. The molecule has 0 aliphatic carbocycles. The zero-order valence-corrected chi connectivity index (χ0v) is 24.7. The fraction of sp³-hybridized carbons (Fsp3) is 0.667. The molecular formula is C30H45N5O7. The SMILES string of the molecule is CC(C)CCC(N=C(NC(=O)OCC1CCOC1)N1CCOCC1)C(=O)NC1COC(CNCc2ccccc2)C1=O. The summed E-state index contributed by atoms with van der Waals surface area (Å²) >= 11 is 0. The lowest BCUT2D eigenvalue weighted by Gasteiger charge is -2.30. The van der Waals surface area contributed by atoms with Crippen LogP contribution >= 0.6 is 0 Å². The number of Topliss-reactive ketones (excluding diaryl/α,β-unsaturated/α-hetero) is 1. The van der Waals surface area contributed by atoms with E-state index in [9.17, 15) is 14.4 Å². The molecule has 12 nitrogen and oxygen atoms in total. The molecule has 0 spiro atoms. The van der Waals surface area contributed by atoms with E-state index < -0.39 is 24.3 Å². The van der Waals surface area contributed by atoms with Gasteiger partial charge in [0.05, 0.1) is 33.0 Å². The van der Waals surface area contributed by atoms with E-state index in [-0.39, 0.29) is 36.8 Å². The van der Waals surface area contributed by atoms with Gasteiger partial charge in [0, 0.05) is 38.7 Å².